The Balaban J connectivity index is 2.69. The highest BCUT2D eigenvalue weighted by molar-refractivity contribution is 6.03. The Morgan fingerprint density at radius 2 is 1.75 bits per heavy atom. The molecule has 0 radical (unpaired) electrons. The van der Waals surface area contributed by atoms with Crippen molar-refractivity contribution in [3.63, 3.8) is 0 Å². The summed E-state index contributed by atoms with van der Waals surface area (Å²) in [5, 5.41) is 2.03. The van der Waals surface area contributed by atoms with Gasteiger partial charge in [-0.05, 0) is 6.07 Å². The zero-order valence-electron chi connectivity index (χ0n) is 8.19. The van der Waals surface area contributed by atoms with Gasteiger partial charge in [-0.15, -0.1) is 0 Å². The molecule has 0 aliphatic carbocycles. The number of nitrogens with one attached hydrogen (secondary N) is 1. The van der Waals surface area contributed by atoms with Crippen molar-refractivity contribution in [2.45, 2.75) is 0 Å². The summed E-state index contributed by atoms with van der Waals surface area (Å²) in [6.45, 7) is 0. The summed E-state index contributed by atoms with van der Waals surface area (Å²) in [6, 6.07) is 8.42. The van der Waals surface area contributed by atoms with Crippen LogP contribution >= 0.6 is 0 Å². The molecule has 0 saturated carbocycles. The number of rotatable bonds is 0. The SMILES string of the molecule is O=c1cc2oc(=O)c3ccccc3c2c[nH]1. The first-order chi connectivity index (χ1) is 7.75. The molecule has 0 bridgehead atoms. The van der Waals surface area contributed by atoms with E-state index in [9.17, 15) is 9.59 Å². The van der Waals surface area contributed by atoms with E-state index in [0.717, 1.165) is 10.8 Å². The molecule has 0 amide bonds. The number of H-pyrrole nitrogens is 1. The van der Waals surface area contributed by atoms with Crippen LogP contribution in [0.3, 0.4) is 0 Å². The van der Waals surface area contributed by atoms with Gasteiger partial charge < -0.3 is 9.40 Å². The van der Waals surface area contributed by atoms with Crippen LogP contribution < -0.4 is 11.2 Å². The third kappa shape index (κ3) is 1.16. The van der Waals surface area contributed by atoms with E-state index in [1.165, 1.54) is 6.07 Å². The minimum Gasteiger partial charge on any atom is -0.422 e. The van der Waals surface area contributed by atoms with Gasteiger partial charge in [0.05, 0.1) is 5.39 Å². The summed E-state index contributed by atoms with van der Waals surface area (Å²) in [5.41, 5.74) is -0.396. The fraction of sp³-hybridized carbons (Fsp3) is 0. The second kappa shape index (κ2) is 3.06. The first kappa shape index (κ1) is 8.91. The van der Waals surface area contributed by atoms with Gasteiger partial charge in [0.15, 0.2) is 0 Å². The van der Waals surface area contributed by atoms with E-state index in [2.05, 4.69) is 4.98 Å². The number of fused-ring (bicyclic) bond motifs is 3. The maximum Gasteiger partial charge on any atom is 0.344 e. The molecule has 4 nitrogen and oxygen atoms in total. The van der Waals surface area contributed by atoms with Crippen LogP contribution in [0, 0.1) is 0 Å². The lowest BCUT2D eigenvalue weighted by Gasteiger charge is -2.00. The molecule has 3 rings (SSSR count). The van der Waals surface area contributed by atoms with Gasteiger partial charge in [-0.2, -0.15) is 0 Å². The maximum atomic E-state index is 11.6. The number of hydrogen-bond donors (Lipinski definition) is 1. The van der Waals surface area contributed by atoms with Crippen LogP contribution in [0.25, 0.3) is 21.7 Å². The molecule has 0 fully saturated rings. The zero-order valence-corrected chi connectivity index (χ0v) is 8.19. The number of aromatic amines is 1. The van der Waals surface area contributed by atoms with Gasteiger partial charge in [-0.25, -0.2) is 4.79 Å². The number of pyridine rings is 1. The highest BCUT2D eigenvalue weighted by atomic mass is 16.4. The minimum atomic E-state index is -0.422. The van der Waals surface area contributed by atoms with Crippen molar-refractivity contribution in [2.24, 2.45) is 0 Å². The van der Waals surface area contributed by atoms with Crippen molar-refractivity contribution in [3.05, 3.63) is 57.3 Å². The van der Waals surface area contributed by atoms with Crippen molar-refractivity contribution in [1.29, 1.82) is 0 Å². The maximum absolute atomic E-state index is 11.6. The lowest BCUT2D eigenvalue weighted by molar-refractivity contribution is 0.569. The van der Waals surface area contributed by atoms with Crippen LogP contribution in [0.1, 0.15) is 0 Å². The average molecular weight is 213 g/mol. The summed E-state index contributed by atoms with van der Waals surface area (Å²) >= 11 is 0. The number of benzene rings is 1. The quantitative estimate of drug-likeness (QED) is 0.577. The third-order valence-corrected chi connectivity index (χ3v) is 2.53. The topological polar surface area (TPSA) is 63.1 Å². The van der Waals surface area contributed by atoms with Gasteiger partial charge >= 0.3 is 5.63 Å². The molecule has 0 spiro atoms. The average Bonchev–Trinajstić information content (AvgIpc) is 2.29. The van der Waals surface area contributed by atoms with Crippen LogP contribution in [0.2, 0.25) is 0 Å². The van der Waals surface area contributed by atoms with E-state index in [1.54, 1.807) is 18.3 Å². The lowest BCUT2D eigenvalue weighted by atomic mass is 10.1. The molecule has 1 aromatic carbocycles. The molecule has 16 heavy (non-hydrogen) atoms. The summed E-state index contributed by atoms with van der Waals surface area (Å²) in [6.07, 6.45) is 1.56. The van der Waals surface area contributed by atoms with E-state index < -0.39 is 5.63 Å². The number of hydrogen-bond acceptors (Lipinski definition) is 3. The molecule has 78 valence electrons. The van der Waals surface area contributed by atoms with Crippen molar-refractivity contribution in [3.8, 4) is 0 Å². The van der Waals surface area contributed by atoms with E-state index in [0.29, 0.717) is 11.0 Å². The van der Waals surface area contributed by atoms with Crippen LogP contribution in [0.15, 0.2) is 50.5 Å². The highest BCUT2D eigenvalue weighted by Gasteiger charge is 2.06. The molecule has 3 aromatic rings. The van der Waals surface area contributed by atoms with Crippen LogP contribution in [0.5, 0.6) is 0 Å². The standard InChI is InChI=1S/C12H7NO3/c14-11-5-10-9(6-13-11)7-3-1-2-4-8(7)12(15)16-10/h1-6H,(H,13,14). The molecule has 0 unspecified atom stereocenters. The Labute approximate surface area is 89.1 Å². The van der Waals surface area contributed by atoms with E-state index in [4.69, 9.17) is 4.42 Å². The summed E-state index contributed by atoms with van der Waals surface area (Å²) in [5.74, 6) is 0. The summed E-state index contributed by atoms with van der Waals surface area (Å²) in [7, 11) is 0. The summed E-state index contributed by atoms with van der Waals surface area (Å²) < 4.78 is 5.08. The summed E-state index contributed by atoms with van der Waals surface area (Å²) in [4.78, 5) is 25.3. The van der Waals surface area contributed by atoms with E-state index >= 15 is 0 Å². The Morgan fingerprint density at radius 3 is 2.56 bits per heavy atom. The van der Waals surface area contributed by atoms with Crippen molar-refractivity contribution in [2.75, 3.05) is 0 Å². The van der Waals surface area contributed by atoms with Crippen molar-refractivity contribution >= 4 is 21.7 Å². The van der Waals surface area contributed by atoms with Gasteiger partial charge in [0, 0.05) is 23.0 Å². The monoisotopic (exact) mass is 213 g/mol. The molecular weight excluding hydrogens is 206 g/mol. The van der Waals surface area contributed by atoms with Gasteiger partial charge in [0.25, 0.3) is 5.56 Å². The second-order valence-electron chi connectivity index (χ2n) is 3.51. The smallest absolute Gasteiger partial charge is 0.344 e. The first-order valence-electron chi connectivity index (χ1n) is 4.80. The van der Waals surface area contributed by atoms with E-state index in [-0.39, 0.29) is 5.56 Å². The molecule has 0 atom stereocenters. The molecule has 2 aromatic heterocycles. The van der Waals surface area contributed by atoms with Gasteiger partial charge in [0.1, 0.15) is 5.58 Å². The van der Waals surface area contributed by atoms with Gasteiger partial charge in [0.2, 0.25) is 0 Å². The van der Waals surface area contributed by atoms with Crippen LogP contribution in [-0.2, 0) is 0 Å². The predicted molar refractivity (Wildman–Crippen MR) is 60.6 cm³/mol. The van der Waals surface area contributed by atoms with E-state index in [1.807, 2.05) is 12.1 Å². The fourth-order valence-corrected chi connectivity index (χ4v) is 1.80. The second-order valence-corrected chi connectivity index (χ2v) is 3.51. The minimum absolute atomic E-state index is 0.286. The highest BCUT2D eigenvalue weighted by Crippen LogP contribution is 2.19. The molecule has 1 N–H and O–H groups in total. The van der Waals surface area contributed by atoms with Gasteiger partial charge in [-0.1, -0.05) is 18.2 Å². The molecule has 0 saturated heterocycles. The van der Waals surface area contributed by atoms with Crippen LogP contribution in [-0.4, -0.2) is 4.98 Å². The Bertz CT molecular complexity index is 798. The van der Waals surface area contributed by atoms with Crippen LogP contribution in [0.4, 0.5) is 0 Å². The fourth-order valence-electron chi connectivity index (χ4n) is 1.80. The molecular formula is C12H7NO3. The zero-order chi connectivity index (χ0) is 11.1. The Kier molecular flexibility index (Phi) is 1.71. The van der Waals surface area contributed by atoms with Crippen molar-refractivity contribution in [1.82, 2.24) is 4.98 Å². The predicted octanol–water partition coefficient (Wildman–Crippen LogP) is 1.63. The largest absolute Gasteiger partial charge is 0.422 e. The Hall–Kier alpha value is -2.36. The normalized spacial score (nSPS) is 11.0. The lowest BCUT2D eigenvalue weighted by Crippen LogP contribution is -2.05. The molecule has 0 aliphatic heterocycles. The van der Waals surface area contributed by atoms with Gasteiger partial charge in [-0.3, -0.25) is 4.79 Å². The molecule has 0 aliphatic rings. The third-order valence-electron chi connectivity index (χ3n) is 2.53. The Morgan fingerprint density at radius 1 is 1.00 bits per heavy atom. The molecule has 4 heteroatoms. The van der Waals surface area contributed by atoms with Crippen molar-refractivity contribution < 1.29 is 4.42 Å². The molecule has 2 heterocycles. The first-order valence-corrected chi connectivity index (χ1v) is 4.80. The number of aromatic nitrogens is 1.